The molecule has 0 spiro atoms. The summed E-state index contributed by atoms with van der Waals surface area (Å²) in [6, 6.07) is 4.81. The van der Waals surface area contributed by atoms with Crippen LogP contribution in [0.25, 0.3) is 0 Å². The Morgan fingerprint density at radius 2 is 2.40 bits per heavy atom. The van der Waals surface area contributed by atoms with Crippen LogP contribution in [0.1, 0.15) is 19.4 Å². The molecule has 1 heterocycles. The van der Waals surface area contributed by atoms with E-state index < -0.39 is 11.9 Å². The fraction of sp³-hybridized carbons (Fsp3) is 0.231. The van der Waals surface area contributed by atoms with Crippen molar-refractivity contribution < 1.29 is 14.6 Å². The number of carbonyl (C=O) groups excluding carboxylic acids is 1. The summed E-state index contributed by atoms with van der Waals surface area (Å²) in [4.78, 5) is 16.1. The Kier molecular flexibility index (Phi) is 5.23. The predicted molar refractivity (Wildman–Crippen MR) is 72.9 cm³/mol. The van der Waals surface area contributed by atoms with Crippen LogP contribution in [-0.4, -0.2) is 29.3 Å². The highest BCUT2D eigenvalue weighted by Gasteiger charge is 2.21. The minimum absolute atomic E-state index is 0.0385. The number of nitrogens with zero attached hydrogens (tertiary/aromatic N) is 4. The Morgan fingerprint density at radius 3 is 2.95 bits per heavy atom. The monoisotopic (exact) mass is 274 g/mol. The zero-order valence-electron chi connectivity index (χ0n) is 11.2. The number of carbonyl (C=O) groups is 1. The third-order valence-electron chi connectivity index (χ3n) is 2.35. The summed E-state index contributed by atoms with van der Waals surface area (Å²) in [5.74, 6) is -0.996. The molecule has 1 amide bonds. The van der Waals surface area contributed by atoms with Crippen LogP contribution in [0.4, 0.5) is 5.82 Å². The molecule has 0 radical (unpaired) electrons. The molecular formula is C13H14N4O3. The molecule has 1 aromatic heterocycles. The zero-order valence-corrected chi connectivity index (χ0v) is 11.2. The van der Waals surface area contributed by atoms with E-state index in [0.717, 1.165) is 5.01 Å². The number of rotatable bonds is 5. The Hall–Kier alpha value is -2.88. The van der Waals surface area contributed by atoms with Crippen molar-refractivity contribution in [2.45, 2.75) is 13.8 Å². The maximum Gasteiger partial charge on any atom is 0.285 e. The van der Waals surface area contributed by atoms with Crippen molar-refractivity contribution in [3.8, 4) is 6.07 Å². The third kappa shape index (κ3) is 3.32. The van der Waals surface area contributed by atoms with Gasteiger partial charge in [0, 0.05) is 19.0 Å². The van der Waals surface area contributed by atoms with Gasteiger partial charge in [0.05, 0.1) is 23.8 Å². The minimum atomic E-state index is -0.645. The summed E-state index contributed by atoms with van der Waals surface area (Å²) in [5, 5.41) is 22.8. The average molecular weight is 274 g/mol. The van der Waals surface area contributed by atoms with E-state index >= 15 is 0 Å². The Labute approximate surface area is 116 Å². The second kappa shape index (κ2) is 6.89. The summed E-state index contributed by atoms with van der Waals surface area (Å²) in [5.41, 5.74) is 0.288. The number of hydrogen-bond donors (Lipinski definition) is 1. The molecule has 0 aromatic carbocycles. The Balaban J connectivity index is 3.13. The highest BCUT2D eigenvalue weighted by molar-refractivity contribution is 6.04. The molecule has 0 bridgehead atoms. The first kappa shape index (κ1) is 15.2. The van der Waals surface area contributed by atoms with Crippen molar-refractivity contribution >= 4 is 18.4 Å². The first-order valence-corrected chi connectivity index (χ1v) is 5.75. The van der Waals surface area contributed by atoms with Gasteiger partial charge in [-0.25, -0.2) is 4.98 Å². The van der Waals surface area contributed by atoms with Gasteiger partial charge in [0.2, 0.25) is 0 Å². The number of hydrazone groups is 1. The number of aliphatic hydroxyl groups is 1. The van der Waals surface area contributed by atoms with Gasteiger partial charge in [0.15, 0.2) is 5.82 Å². The highest BCUT2D eigenvalue weighted by atomic mass is 16.6. The minimum Gasteiger partial charge on any atom is -0.481 e. The van der Waals surface area contributed by atoms with Crippen LogP contribution in [0.15, 0.2) is 34.9 Å². The summed E-state index contributed by atoms with van der Waals surface area (Å²) in [7, 11) is 0. The molecule has 0 saturated carbocycles. The molecule has 7 nitrogen and oxygen atoms in total. The van der Waals surface area contributed by atoms with Crippen molar-refractivity contribution in [1.82, 2.24) is 4.98 Å². The van der Waals surface area contributed by atoms with Gasteiger partial charge in [0.25, 0.3) is 11.9 Å². The van der Waals surface area contributed by atoms with Gasteiger partial charge in [-0.3, -0.25) is 4.79 Å². The van der Waals surface area contributed by atoms with E-state index in [4.69, 9.17) is 10.00 Å². The summed E-state index contributed by atoms with van der Waals surface area (Å²) < 4.78 is 4.85. The van der Waals surface area contributed by atoms with Gasteiger partial charge in [-0.05, 0) is 19.9 Å². The van der Waals surface area contributed by atoms with Crippen LogP contribution in [0.3, 0.4) is 0 Å². The summed E-state index contributed by atoms with van der Waals surface area (Å²) in [6.07, 6.45) is 1.38. The predicted octanol–water partition coefficient (Wildman–Crippen LogP) is 1.73. The smallest absolute Gasteiger partial charge is 0.285 e. The van der Waals surface area contributed by atoms with Crippen molar-refractivity contribution in [2.75, 3.05) is 11.6 Å². The zero-order chi connectivity index (χ0) is 15.1. The number of amides is 1. The number of aromatic nitrogens is 1. The molecule has 1 aromatic rings. The van der Waals surface area contributed by atoms with Crippen LogP contribution in [-0.2, 0) is 9.53 Å². The largest absolute Gasteiger partial charge is 0.481 e. The number of ether oxygens (including phenoxy) is 1. The first-order valence-electron chi connectivity index (χ1n) is 5.75. The first-order chi connectivity index (χ1) is 9.54. The Morgan fingerprint density at radius 1 is 1.70 bits per heavy atom. The van der Waals surface area contributed by atoms with Gasteiger partial charge in [-0.15, -0.1) is 0 Å². The van der Waals surface area contributed by atoms with Crippen molar-refractivity contribution in [1.29, 1.82) is 5.26 Å². The van der Waals surface area contributed by atoms with E-state index in [2.05, 4.69) is 16.8 Å². The van der Waals surface area contributed by atoms with E-state index in [-0.39, 0.29) is 18.0 Å². The lowest BCUT2D eigenvalue weighted by atomic mass is 10.2. The quantitative estimate of drug-likeness (QED) is 0.381. The van der Waals surface area contributed by atoms with E-state index in [9.17, 15) is 9.90 Å². The van der Waals surface area contributed by atoms with Crippen molar-refractivity contribution in [3.63, 3.8) is 0 Å². The molecule has 0 saturated heterocycles. The molecule has 0 aliphatic carbocycles. The third-order valence-corrected chi connectivity index (χ3v) is 2.35. The second-order valence-corrected chi connectivity index (χ2v) is 3.64. The lowest BCUT2D eigenvalue weighted by molar-refractivity contribution is -0.115. The Bertz CT molecular complexity index is 590. The maximum atomic E-state index is 12.2. The fourth-order valence-electron chi connectivity index (χ4n) is 1.34. The van der Waals surface area contributed by atoms with Gasteiger partial charge in [-0.2, -0.15) is 15.4 Å². The molecular weight excluding hydrogens is 260 g/mol. The molecule has 0 fully saturated rings. The molecule has 104 valence electrons. The normalized spacial score (nSPS) is 11.1. The van der Waals surface area contributed by atoms with Gasteiger partial charge < -0.3 is 9.84 Å². The molecule has 1 rings (SSSR count). The van der Waals surface area contributed by atoms with Gasteiger partial charge >= 0.3 is 0 Å². The van der Waals surface area contributed by atoms with Crippen LogP contribution in [0, 0.1) is 11.3 Å². The molecule has 7 heteroatoms. The van der Waals surface area contributed by atoms with Gasteiger partial charge in [0.1, 0.15) is 0 Å². The fourth-order valence-corrected chi connectivity index (χ4v) is 1.34. The van der Waals surface area contributed by atoms with Crippen LogP contribution in [0.2, 0.25) is 0 Å². The van der Waals surface area contributed by atoms with E-state index in [1.807, 2.05) is 6.07 Å². The van der Waals surface area contributed by atoms with Crippen LogP contribution < -0.4 is 5.01 Å². The number of anilines is 1. The number of hydrogen-bond acceptors (Lipinski definition) is 6. The second-order valence-electron chi connectivity index (χ2n) is 3.64. The van der Waals surface area contributed by atoms with Crippen LogP contribution in [0.5, 0.6) is 0 Å². The number of pyridine rings is 1. The lowest BCUT2D eigenvalue weighted by Gasteiger charge is -2.16. The highest BCUT2D eigenvalue weighted by Crippen LogP contribution is 2.16. The topological polar surface area (TPSA) is 98.8 Å². The lowest BCUT2D eigenvalue weighted by Crippen LogP contribution is -2.27. The molecule has 20 heavy (non-hydrogen) atoms. The summed E-state index contributed by atoms with van der Waals surface area (Å²) >= 11 is 0. The van der Waals surface area contributed by atoms with Gasteiger partial charge in [-0.1, -0.05) is 0 Å². The molecule has 0 aliphatic heterocycles. The molecule has 1 N–H and O–H groups in total. The summed E-state index contributed by atoms with van der Waals surface area (Å²) in [6.45, 7) is 6.58. The van der Waals surface area contributed by atoms with E-state index in [0.29, 0.717) is 5.56 Å². The number of nitriles is 1. The van der Waals surface area contributed by atoms with Crippen molar-refractivity contribution in [3.05, 3.63) is 35.4 Å². The van der Waals surface area contributed by atoms with E-state index in [1.54, 1.807) is 6.92 Å². The molecule has 0 atom stereocenters. The molecule has 0 unspecified atom stereocenters. The SMILES string of the molecule is C=NN(C(=O)C(C)=C(O)OCC)c1cc(C#N)ccn1. The standard InChI is InChI=1S/C13H14N4O3/c1-4-20-13(19)9(2)12(18)17(15-3)11-7-10(8-14)5-6-16-11/h5-7,19H,3-4H2,1-2H3. The molecule has 0 aliphatic rings. The maximum absolute atomic E-state index is 12.2. The van der Waals surface area contributed by atoms with Crippen LogP contribution >= 0.6 is 0 Å². The average Bonchev–Trinajstić information content (AvgIpc) is 2.47. The number of aliphatic hydroxyl groups excluding tert-OH is 1. The van der Waals surface area contributed by atoms with E-state index in [1.165, 1.54) is 25.3 Å². The van der Waals surface area contributed by atoms with Crippen molar-refractivity contribution in [2.24, 2.45) is 5.10 Å².